The Kier molecular flexibility index (Phi) is 3.99. The van der Waals surface area contributed by atoms with Gasteiger partial charge in [-0.2, -0.15) is 0 Å². The Morgan fingerprint density at radius 1 is 1.50 bits per heavy atom. The summed E-state index contributed by atoms with van der Waals surface area (Å²) in [5, 5.41) is 2.30. The molecule has 0 rings (SSSR count). The van der Waals surface area contributed by atoms with E-state index in [-0.39, 0.29) is 0 Å². The summed E-state index contributed by atoms with van der Waals surface area (Å²) >= 11 is 0. The molecule has 0 aromatic rings. The smallest absolute Gasteiger partial charge is 0.313 e. The van der Waals surface area contributed by atoms with E-state index >= 15 is 0 Å². The number of carbonyl (C=O) groups excluding carboxylic acids is 1. The molecule has 0 aromatic carbocycles. The zero-order valence-electron chi connectivity index (χ0n) is 6.43. The largest absolute Gasteiger partial charge is 0.336 e. The van der Waals surface area contributed by atoms with Crippen LogP contribution in [0.5, 0.6) is 0 Å². The van der Waals surface area contributed by atoms with Crippen LogP contribution >= 0.6 is 0 Å². The van der Waals surface area contributed by atoms with E-state index in [1.165, 1.54) is 20.6 Å². The monoisotopic (exact) mass is 146 g/mol. The Bertz CT molecular complexity index is 92.9. The van der Waals surface area contributed by atoms with Crippen molar-refractivity contribution in [3.8, 4) is 0 Å². The van der Waals surface area contributed by atoms with Crippen molar-refractivity contribution >= 4 is 6.41 Å². The Morgan fingerprint density at radius 2 is 2.00 bits per heavy atom. The van der Waals surface area contributed by atoms with Crippen molar-refractivity contribution < 1.29 is 14.3 Å². The molecular weight excluding hydrogens is 134 g/mol. The predicted octanol–water partition coefficient (Wildman–Crippen LogP) is -0.000200. The zero-order chi connectivity index (χ0) is 8.04. The van der Waals surface area contributed by atoms with Gasteiger partial charge in [0.25, 0.3) is 5.91 Å². The molecule has 0 aliphatic rings. The van der Waals surface area contributed by atoms with Gasteiger partial charge in [-0.25, -0.2) is 0 Å². The fraction of sp³-hybridized carbons (Fsp3) is 0.833. The molecule has 0 atom stereocenters. The second-order valence-corrected chi connectivity index (χ2v) is 1.74. The molecule has 0 aliphatic heterocycles. The van der Waals surface area contributed by atoms with Gasteiger partial charge in [0.15, 0.2) is 0 Å². The predicted molar refractivity (Wildman–Crippen MR) is 35.9 cm³/mol. The lowest BCUT2D eigenvalue weighted by Crippen LogP contribution is -2.47. The van der Waals surface area contributed by atoms with Gasteiger partial charge in [-0.15, -0.1) is 0 Å². The number of amides is 1. The second kappa shape index (κ2) is 4.24. The van der Waals surface area contributed by atoms with Crippen molar-refractivity contribution in [2.45, 2.75) is 19.3 Å². The van der Waals surface area contributed by atoms with E-state index in [1.807, 2.05) is 6.92 Å². The van der Waals surface area contributed by atoms with Crippen LogP contribution in [0.2, 0.25) is 0 Å². The van der Waals surface area contributed by atoms with Crippen LogP contribution in [0, 0.1) is 0 Å². The third kappa shape index (κ3) is 1.97. The average Bonchev–Trinajstić information content (AvgIpc) is 2.01. The molecule has 0 saturated carbocycles. The maximum Gasteiger partial charge on any atom is 0.313 e. The maximum absolute atomic E-state index is 9.90. The first-order valence-corrected chi connectivity index (χ1v) is 2.99. The van der Waals surface area contributed by atoms with Gasteiger partial charge in [-0.3, -0.25) is 10.1 Å². The van der Waals surface area contributed by atoms with Gasteiger partial charge in [-0.05, 0) is 0 Å². The Morgan fingerprint density at radius 3 is 2.10 bits per heavy atom. The summed E-state index contributed by atoms with van der Waals surface area (Å²) in [4.78, 5) is 9.90. The minimum atomic E-state index is -0.998. The van der Waals surface area contributed by atoms with Gasteiger partial charge >= 0.3 is 6.41 Å². The van der Waals surface area contributed by atoms with E-state index in [0.29, 0.717) is 6.42 Å². The molecule has 1 amide bonds. The second-order valence-electron chi connectivity index (χ2n) is 1.74. The summed E-state index contributed by atoms with van der Waals surface area (Å²) in [7, 11) is 2.91. The van der Waals surface area contributed by atoms with Crippen LogP contribution in [0.25, 0.3) is 0 Å². The van der Waals surface area contributed by atoms with Crippen LogP contribution in [-0.2, 0) is 14.3 Å². The quantitative estimate of drug-likeness (QED) is 0.438. The topological polar surface area (TPSA) is 47.6 Å². The molecule has 0 saturated heterocycles. The zero-order valence-corrected chi connectivity index (χ0v) is 6.43. The molecule has 0 unspecified atom stereocenters. The van der Waals surface area contributed by atoms with Gasteiger partial charge < -0.3 is 9.47 Å². The molecule has 4 nitrogen and oxygen atoms in total. The Hall–Kier alpha value is -0.610. The molecule has 0 aromatic heterocycles. The van der Waals surface area contributed by atoms with Crippen molar-refractivity contribution in [2.75, 3.05) is 14.2 Å². The molecule has 0 aliphatic carbocycles. The highest BCUT2D eigenvalue weighted by Crippen LogP contribution is 2.09. The van der Waals surface area contributed by atoms with E-state index in [1.54, 1.807) is 0 Å². The first-order valence-electron chi connectivity index (χ1n) is 2.99. The molecule has 0 heterocycles. The van der Waals surface area contributed by atoms with Gasteiger partial charge in [0.1, 0.15) is 0 Å². The molecule has 0 bridgehead atoms. The summed E-state index contributed by atoms with van der Waals surface area (Å²) in [6, 6.07) is 0. The van der Waals surface area contributed by atoms with Crippen molar-refractivity contribution in [3.05, 3.63) is 0 Å². The van der Waals surface area contributed by atoms with Crippen LogP contribution in [0.1, 0.15) is 13.3 Å². The first-order chi connectivity index (χ1) is 4.74. The van der Waals surface area contributed by atoms with E-state index < -0.39 is 5.91 Å². The molecule has 1 N–H and O–H groups in total. The summed E-state index contributed by atoms with van der Waals surface area (Å²) in [5.74, 6) is -0.998. The molecule has 4 heteroatoms. The standard InChI is InChI=1S/C6H12NO3/c1-4-6(9-2,10-3)7-5-8/h4H2,1-3H3,(H,7,8). The molecule has 0 spiro atoms. The Labute approximate surface area is 60.5 Å². The molecule has 0 fully saturated rings. The van der Waals surface area contributed by atoms with Gasteiger partial charge in [0.2, 0.25) is 0 Å². The minimum Gasteiger partial charge on any atom is -0.336 e. The highest BCUT2D eigenvalue weighted by molar-refractivity contribution is 5.47. The van der Waals surface area contributed by atoms with Gasteiger partial charge in [0.05, 0.1) is 0 Å². The Balaban J connectivity index is 4.00. The highest BCUT2D eigenvalue weighted by Gasteiger charge is 2.25. The van der Waals surface area contributed by atoms with Crippen LogP contribution in [0.4, 0.5) is 0 Å². The summed E-state index contributed by atoms with van der Waals surface area (Å²) in [5.41, 5.74) is 0. The van der Waals surface area contributed by atoms with Crippen LogP contribution in [0.3, 0.4) is 0 Å². The molecular formula is C6H12NO3. The average molecular weight is 146 g/mol. The van der Waals surface area contributed by atoms with Crippen molar-refractivity contribution in [1.82, 2.24) is 5.32 Å². The fourth-order valence-electron chi connectivity index (χ4n) is 0.640. The van der Waals surface area contributed by atoms with Crippen LogP contribution in [0.15, 0.2) is 0 Å². The number of hydrogen-bond acceptors (Lipinski definition) is 3. The molecule has 59 valence electrons. The van der Waals surface area contributed by atoms with Gasteiger partial charge in [-0.1, -0.05) is 6.92 Å². The van der Waals surface area contributed by atoms with E-state index in [0.717, 1.165) is 0 Å². The number of hydrogen-bond donors (Lipinski definition) is 1. The van der Waals surface area contributed by atoms with Crippen LogP contribution < -0.4 is 5.32 Å². The summed E-state index contributed by atoms with van der Waals surface area (Å²) in [6.07, 6.45) is 2.05. The molecule has 10 heavy (non-hydrogen) atoms. The number of methoxy groups -OCH3 is 2. The molecule has 1 radical (unpaired) electrons. The van der Waals surface area contributed by atoms with E-state index in [2.05, 4.69) is 5.32 Å². The normalized spacial score (nSPS) is 11.1. The highest BCUT2D eigenvalue weighted by atomic mass is 16.7. The van der Waals surface area contributed by atoms with Crippen LogP contribution in [-0.4, -0.2) is 26.5 Å². The third-order valence-corrected chi connectivity index (χ3v) is 1.37. The van der Waals surface area contributed by atoms with Crippen molar-refractivity contribution in [2.24, 2.45) is 0 Å². The summed E-state index contributed by atoms with van der Waals surface area (Å²) < 4.78 is 9.76. The lowest BCUT2D eigenvalue weighted by atomic mass is 10.3. The first kappa shape index (κ1) is 9.39. The van der Waals surface area contributed by atoms with E-state index in [9.17, 15) is 4.79 Å². The summed E-state index contributed by atoms with van der Waals surface area (Å²) in [6.45, 7) is 1.83. The maximum atomic E-state index is 9.90. The van der Waals surface area contributed by atoms with E-state index in [4.69, 9.17) is 9.47 Å². The van der Waals surface area contributed by atoms with Gasteiger partial charge in [0, 0.05) is 20.6 Å². The third-order valence-electron chi connectivity index (χ3n) is 1.37. The minimum absolute atomic E-state index is 0.537. The number of ether oxygens (including phenoxy) is 2. The lowest BCUT2D eigenvalue weighted by molar-refractivity contribution is -0.218. The number of rotatable bonds is 5. The van der Waals surface area contributed by atoms with Crippen molar-refractivity contribution in [3.63, 3.8) is 0 Å². The SMILES string of the molecule is CCC(N[C]=O)(OC)OC. The van der Waals surface area contributed by atoms with Crippen molar-refractivity contribution in [1.29, 1.82) is 0 Å². The number of nitrogens with one attached hydrogen (secondary N) is 1. The lowest BCUT2D eigenvalue weighted by Gasteiger charge is -2.27. The fourth-order valence-corrected chi connectivity index (χ4v) is 0.640.